The van der Waals surface area contributed by atoms with E-state index in [0.717, 1.165) is 25.8 Å². The zero-order valence-electron chi connectivity index (χ0n) is 8.26. The quantitative estimate of drug-likeness (QED) is 0.280. The molecule has 3 nitrogen and oxygen atoms in total. The molecule has 3 heteroatoms. The molecule has 70 valence electrons. The van der Waals surface area contributed by atoms with Crippen LogP contribution in [0.25, 0.3) is 0 Å². The number of nitrogens with one attached hydrogen (secondary N) is 1. The molecular formula is C9H19N2O+. The molecule has 0 aliphatic rings. The summed E-state index contributed by atoms with van der Waals surface area (Å²) >= 11 is 0. The lowest BCUT2D eigenvalue weighted by molar-refractivity contribution is -0.460. The molecule has 1 N–H and O–H groups in total. The Kier molecular flexibility index (Phi) is 6.34. The third-order valence-corrected chi connectivity index (χ3v) is 1.50. The van der Waals surface area contributed by atoms with E-state index in [1.54, 1.807) is 6.92 Å². The van der Waals surface area contributed by atoms with Crippen molar-refractivity contribution in [2.75, 3.05) is 20.6 Å². The molecule has 0 saturated carbocycles. The smallest absolute Gasteiger partial charge is 0.216 e. The summed E-state index contributed by atoms with van der Waals surface area (Å²) in [6.07, 6.45) is 5.43. The van der Waals surface area contributed by atoms with Crippen molar-refractivity contribution in [2.45, 2.75) is 26.2 Å². The number of nitrogens with zero attached hydrogens (tertiary/aromatic N) is 1. The number of carbonyl (C=O) groups excluding carboxylic acids is 1. The van der Waals surface area contributed by atoms with E-state index in [2.05, 4.69) is 16.1 Å². The van der Waals surface area contributed by atoms with Gasteiger partial charge < -0.3 is 5.32 Å². The summed E-state index contributed by atoms with van der Waals surface area (Å²) in [5.74, 6) is 0.0617. The molecule has 0 heterocycles. The van der Waals surface area contributed by atoms with E-state index in [4.69, 9.17) is 0 Å². The van der Waals surface area contributed by atoms with Crippen LogP contribution in [0.1, 0.15) is 26.2 Å². The normalized spacial score (nSPS) is 11.4. The minimum Gasteiger partial charge on any atom is -0.356 e. The maximum absolute atomic E-state index is 10.5. The van der Waals surface area contributed by atoms with Crippen LogP contribution in [-0.4, -0.2) is 37.3 Å². The monoisotopic (exact) mass is 172 g/mol. The van der Waals surface area contributed by atoms with Gasteiger partial charge in [-0.05, 0) is 12.8 Å². The fourth-order valence-corrected chi connectivity index (χ4v) is 0.883. The van der Waals surface area contributed by atoms with Gasteiger partial charge in [-0.15, -0.1) is 0 Å². The van der Waals surface area contributed by atoms with Gasteiger partial charge in [0.2, 0.25) is 5.91 Å². The van der Waals surface area contributed by atoms with Crippen LogP contribution in [0.2, 0.25) is 0 Å². The highest BCUT2D eigenvalue weighted by atomic mass is 16.1. The Morgan fingerprint density at radius 2 is 2.08 bits per heavy atom. The Hall–Kier alpha value is -0.860. The van der Waals surface area contributed by atoms with Crippen LogP contribution < -0.4 is 5.32 Å². The van der Waals surface area contributed by atoms with Crippen LogP contribution >= 0.6 is 0 Å². The molecule has 12 heavy (non-hydrogen) atoms. The van der Waals surface area contributed by atoms with E-state index in [0.29, 0.717) is 0 Å². The van der Waals surface area contributed by atoms with Crippen molar-refractivity contribution in [3.8, 4) is 0 Å². The summed E-state index contributed by atoms with van der Waals surface area (Å²) in [5, 5.41) is 2.77. The summed E-state index contributed by atoms with van der Waals surface area (Å²) in [6, 6.07) is 0. The van der Waals surface area contributed by atoms with Gasteiger partial charge in [-0.25, -0.2) is 4.58 Å². The van der Waals surface area contributed by atoms with Gasteiger partial charge in [0.15, 0.2) is 0 Å². The first-order chi connectivity index (χ1) is 5.63. The Bertz CT molecular complexity index is 160. The van der Waals surface area contributed by atoms with E-state index in [-0.39, 0.29) is 5.91 Å². The van der Waals surface area contributed by atoms with Crippen molar-refractivity contribution in [2.24, 2.45) is 0 Å². The van der Waals surface area contributed by atoms with Crippen LogP contribution in [0.15, 0.2) is 0 Å². The fraction of sp³-hybridized carbons (Fsp3) is 0.778. The molecule has 0 saturated heterocycles. The van der Waals surface area contributed by atoms with Gasteiger partial charge in [0, 0.05) is 19.9 Å². The maximum Gasteiger partial charge on any atom is 0.216 e. The zero-order chi connectivity index (χ0) is 9.40. The second-order valence-corrected chi connectivity index (χ2v) is 3.12. The lowest BCUT2D eigenvalue weighted by Crippen LogP contribution is -2.20. The van der Waals surface area contributed by atoms with E-state index in [9.17, 15) is 4.79 Å². The van der Waals surface area contributed by atoms with E-state index < -0.39 is 0 Å². The molecule has 0 rings (SSSR count). The highest BCUT2D eigenvalue weighted by molar-refractivity contribution is 5.72. The summed E-state index contributed by atoms with van der Waals surface area (Å²) in [7, 11) is 4.04. The van der Waals surface area contributed by atoms with Crippen LogP contribution in [-0.2, 0) is 4.79 Å². The van der Waals surface area contributed by atoms with E-state index >= 15 is 0 Å². The first-order valence-electron chi connectivity index (χ1n) is 4.37. The van der Waals surface area contributed by atoms with Gasteiger partial charge in [-0.2, -0.15) is 0 Å². The van der Waals surface area contributed by atoms with Crippen LogP contribution in [0.3, 0.4) is 0 Å². The van der Waals surface area contributed by atoms with Gasteiger partial charge in [-0.1, -0.05) is 0 Å². The Morgan fingerprint density at radius 3 is 2.58 bits per heavy atom. The van der Waals surface area contributed by atoms with Gasteiger partial charge in [-0.3, -0.25) is 4.79 Å². The number of amides is 1. The number of carbonyl (C=O) groups is 1. The summed E-state index contributed by atoms with van der Waals surface area (Å²) in [4.78, 5) is 10.5. The molecule has 0 bridgehead atoms. The second kappa shape index (κ2) is 6.83. The van der Waals surface area contributed by atoms with Crippen molar-refractivity contribution >= 4 is 12.1 Å². The number of unbranched alkanes of at least 4 members (excludes halogenated alkanes) is 2. The van der Waals surface area contributed by atoms with Crippen molar-refractivity contribution in [1.82, 2.24) is 5.32 Å². The molecule has 0 atom stereocenters. The largest absolute Gasteiger partial charge is 0.356 e. The summed E-state index contributed by atoms with van der Waals surface area (Å²) in [6.45, 7) is 2.35. The molecule has 0 aliphatic heterocycles. The molecule has 0 aromatic heterocycles. The molecule has 0 aromatic carbocycles. The Labute approximate surface area is 74.5 Å². The average molecular weight is 172 g/mol. The van der Waals surface area contributed by atoms with Crippen molar-refractivity contribution in [3.63, 3.8) is 0 Å². The molecular weight excluding hydrogens is 153 g/mol. The average Bonchev–Trinajstić information content (AvgIpc) is 1.95. The third-order valence-electron chi connectivity index (χ3n) is 1.50. The van der Waals surface area contributed by atoms with Gasteiger partial charge >= 0.3 is 0 Å². The van der Waals surface area contributed by atoms with Gasteiger partial charge in [0.05, 0.1) is 0 Å². The van der Waals surface area contributed by atoms with Gasteiger partial charge in [0.25, 0.3) is 0 Å². The first kappa shape index (κ1) is 11.1. The van der Waals surface area contributed by atoms with Crippen LogP contribution in [0, 0.1) is 0 Å². The van der Waals surface area contributed by atoms with Gasteiger partial charge in [0.1, 0.15) is 20.3 Å². The molecule has 0 radical (unpaired) electrons. The lowest BCUT2D eigenvalue weighted by Gasteiger charge is -1.98. The summed E-state index contributed by atoms with van der Waals surface area (Å²) < 4.78 is 2.05. The molecule has 1 amide bonds. The minimum absolute atomic E-state index is 0.0617. The van der Waals surface area contributed by atoms with E-state index in [1.165, 1.54) is 0 Å². The Balaban J connectivity index is 3.11. The molecule has 0 fully saturated rings. The molecule has 0 unspecified atom stereocenters. The highest BCUT2D eigenvalue weighted by Crippen LogP contribution is 1.90. The maximum atomic E-state index is 10.5. The molecule has 0 aromatic rings. The standard InChI is InChI=1S/C9H18N2O/c1-9(12)10-7-5-4-6-8-11(2)3/h8H,4-7H2,1-3H3/p+1/i2+1/b11-8+. The highest BCUT2D eigenvalue weighted by Gasteiger charge is 1.91. The molecule has 0 spiro atoms. The minimum atomic E-state index is 0.0617. The fourth-order valence-electron chi connectivity index (χ4n) is 0.883. The predicted octanol–water partition coefficient (Wildman–Crippen LogP) is 0.636. The van der Waals surface area contributed by atoms with Crippen molar-refractivity contribution in [3.05, 3.63) is 0 Å². The van der Waals surface area contributed by atoms with Crippen molar-refractivity contribution < 1.29 is 9.37 Å². The predicted molar refractivity (Wildman–Crippen MR) is 50.7 cm³/mol. The Morgan fingerprint density at radius 1 is 1.42 bits per heavy atom. The van der Waals surface area contributed by atoms with Crippen LogP contribution in [0.5, 0.6) is 0 Å². The number of hydrogen-bond donors (Lipinski definition) is 1. The van der Waals surface area contributed by atoms with E-state index in [1.807, 2.05) is 14.1 Å². The number of rotatable bonds is 5. The SMILES string of the molecule is CC(=O)NCCCC/C=[N+](/C)[13CH3]. The number of hydrogen-bond acceptors (Lipinski definition) is 1. The lowest BCUT2D eigenvalue weighted by atomic mass is 10.2. The zero-order valence-corrected chi connectivity index (χ0v) is 8.26. The molecule has 0 aliphatic carbocycles. The van der Waals surface area contributed by atoms with Crippen molar-refractivity contribution in [1.29, 1.82) is 0 Å². The second-order valence-electron chi connectivity index (χ2n) is 3.12. The third kappa shape index (κ3) is 9.14. The topological polar surface area (TPSA) is 32.1 Å². The summed E-state index contributed by atoms with van der Waals surface area (Å²) in [5.41, 5.74) is 0. The van der Waals surface area contributed by atoms with Crippen LogP contribution in [0.4, 0.5) is 0 Å². The first-order valence-corrected chi connectivity index (χ1v) is 4.37.